The van der Waals surface area contributed by atoms with Gasteiger partial charge < -0.3 is 9.80 Å². The van der Waals surface area contributed by atoms with Crippen molar-refractivity contribution in [3.63, 3.8) is 0 Å². The molecule has 0 radical (unpaired) electrons. The second-order valence-electron chi connectivity index (χ2n) is 14.1. The molecule has 0 saturated heterocycles. The lowest BCUT2D eigenvalue weighted by Crippen LogP contribution is -2.13. The molecule has 56 heavy (non-hydrogen) atoms. The molecule has 0 fully saturated rings. The maximum atomic E-state index is 2.45. The van der Waals surface area contributed by atoms with E-state index in [-0.39, 0.29) is 0 Å². The Morgan fingerprint density at radius 3 is 1.25 bits per heavy atom. The van der Waals surface area contributed by atoms with Gasteiger partial charge in [0, 0.05) is 33.2 Å². The third-order valence-corrected chi connectivity index (χ3v) is 10.8. The molecule has 0 unspecified atom stereocenters. The van der Waals surface area contributed by atoms with Crippen LogP contribution in [0, 0.1) is 0 Å². The molecule has 2 heteroatoms. The molecule has 2 nitrogen and oxygen atoms in total. The number of para-hydroxylation sites is 2. The molecular formula is C54H38N2. The minimum atomic E-state index is 1.08. The van der Waals surface area contributed by atoms with Crippen LogP contribution in [0.2, 0.25) is 0 Å². The zero-order chi connectivity index (χ0) is 37.3. The quantitative estimate of drug-likeness (QED) is 0.155. The summed E-state index contributed by atoms with van der Waals surface area (Å²) in [5.74, 6) is 0. The van der Waals surface area contributed by atoms with E-state index in [0.29, 0.717) is 0 Å². The van der Waals surface area contributed by atoms with E-state index in [1.807, 2.05) is 0 Å². The second-order valence-corrected chi connectivity index (χ2v) is 14.1. The van der Waals surface area contributed by atoms with Crippen molar-refractivity contribution in [2.45, 2.75) is 0 Å². The van der Waals surface area contributed by atoms with Crippen LogP contribution in [0.5, 0.6) is 0 Å². The maximum Gasteiger partial charge on any atom is 0.0541 e. The normalized spacial score (nSPS) is 11.2. The van der Waals surface area contributed by atoms with Crippen molar-refractivity contribution in [3.8, 4) is 22.3 Å². The van der Waals surface area contributed by atoms with Crippen molar-refractivity contribution < 1.29 is 0 Å². The van der Waals surface area contributed by atoms with Crippen molar-refractivity contribution in [1.29, 1.82) is 0 Å². The van der Waals surface area contributed by atoms with E-state index in [9.17, 15) is 0 Å². The Kier molecular flexibility index (Phi) is 8.55. The summed E-state index contributed by atoms with van der Waals surface area (Å²) >= 11 is 0. The molecule has 0 aromatic heterocycles. The Bertz CT molecular complexity index is 2950. The number of benzene rings is 10. The SMILES string of the molecule is c1ccc(-c2ccc(N(c3ccccc3)c3cccc4ccccc34)c3cc(N(c4ccccc4)c4cccc5ccccc45)cc(-c4ccccc4)c23)cc1. The summed E-state index contributed by atoms with van der Waals surface area (Å²) in [5, 5.41) is 7.15. The van der Waals surface area contributed by atoms with Crippen molar-refractivity contribution in [1.82, 2.24) is 0 Å². The maximum absolute atomic E-state index is 2.45. The molecule has 10 rings (SSSR count). The van der Waals surface area contributed by atoms with E-state index in [0.717, 1.165) is 45.1 Å². The Labute approximate surface area is 327 Å². The standard InChI is InChI=1S/C54H38N2/c1-5-19-41(20-6-1)48-35-36-53(56(44-29-11-4-12-30-44)52-34-18-26-40-24-14-16-32-47(40)52)50-38-45(37-49(54(48)50)42-21-7-2-8-22-42)55(43-27-9-3-10-28-43)51-33-17-25-39-23-13-15-31-46(39)51/h1-38H. The number of nitrogens with zero attached hydrogens (tertiary/aromatic N) is 2. The van der Waals surface area contributed by atoms with E-state index in [1.54, 1.807) is 0 Å². The Morgan fingerprint density at radius 1 is 0.250 bits per heavy atom. The van der Waals surface area contributed by atoms with Crippen LogP contribution in [0.15, 0.2) is 231 Å². The summed E-state index contributed by atoms with van der Waals surface area (Å²) in [6.07, 6.45) is 0. The van der Waals surface area contributed by atoms with Crippen LogP contribution < -0.4 is 9.80 Å². The molecule has 0 aliphatic heterocycles. The van der Waals surface area contributed by atoms with Gasteiger partial charge in [0.15, 0.2) is 0 Å². The van der Waals surface area contributed by atoms with Crippen LogP contribution >= 0.6 is 0 Å². The lowest BCUT2D eigenvalue weighted by Gasteiger charge is -2.31. The first-order chi connectivity index (χ1) is 27.8. The van der Waals surface area contributed by atoms with Crippen molar-refractivity contribution in [3.05, 3.63) is 231 Å². The molecule has 0 aliphatic rings. The van der Waals surface area contributed by atoms with Gasteiger partial charge in [-0.05, 0) is 93.0 Å². The average molecular weight is 715 g/mol. The van der Waals surface area contributed by atoms with Crippen LogP contribution in [-0.2, 0) is 0 Å². The number of rotatable bonds is 8. The molecule has 0 aliphatic carbocycles. The zero-order valence-corrected chi connectivity index (χ0v) is 30.8. The Hall–Kier alpha value is -7.42. The fraction of sp³-hybridized carbons (Fsp3) is 0. The molecule has 264 valence electrons. The van der Waals surface area contributed by atoms with Gasteiger partial charge in [0.25, 0.3) is 0 Å². The first-order valence-electron chi connectivity index (χ1n) is 19.2. The van der Waals surface area contributed by atoms with E-state index in [1.165, 1.54) is 43.6 Å². The van der Waals surface area contributed by atoms with Gasteiger partial charge >= 0.3 is 0 Å². The van der Waals surface area contributed by atoms with Crippen molar-refractivity contribution >= 4 is 66.4 Å². The summed E-state index contributed by atoms with van der Waals surface area (Å²) in [6, 6.07) is 83.3. The van der Waals surface area contributed by atoms with Crippen molar-refractivity contribution in [2.75, 3.05) is 9.80 Å². The lowest BCUT2D eigenvalue weighted by atomic mass is 9.89. The third kappa shape index (κ3) is 5.95. The van der Waals surface area contributed by atoms with Gasteiger partial charge in [0.05, 0.1) is 17.1 Å². The number of fused-ring (bicyclic) bond motifs is 3. The van der Waals surface area contributed by atoms with Crippen LogP contribution in [0.1, 0.15) is 0 Å². The number of anilines is 6. The highest BCUT2D eigenvalue weighted by atomic mass is 15.2. The molecule has 10 aromatic carbocycles. The Morgan fingerprint density at radius 2 is 0.679 bits per heavy atom. The minimum Gasteiger partial charge on any atom is -0.310 e. The molecule has 0 heterocycles. The van der Waals surface area contributed by atoms with Gasteiger partial charge in [0.2, 0.25) is 0 Å². The highest BCUT2D eigenvalue weighted by molar-refractivity contribution is 6.16. The fourth-order valence-electron chi connectivity index (χ4n) is 8.28. The molecular weight excluding hydrogens is 677 g/mol. The number of hydrogen-bond acceptors (Lipinski definition) is 2. The van der Waals surface area contributed by atoms with Crippen LogP contribution in [0.4, 0.5) is 34.1 Å². The third-order valence-electron chi connectivity index (χ3n) is 10.8. The predicted molar refractivity (Wildman–Crippen MR) is 239 cm³/mol. The van der Waals surface area contributed by atoms with E-state index >= 15 is 0 Å². The predicted octanol–water partition coefficient (Wildman–Crippen LogP) is 15.4. The highest BCUT2D eigenvalue weighted by Gasteiger charge is 2.24. The largest absolute Gasteiger partial charge is 0.310 e. The second kappa shape index (κ2) is 14.4. The highest BCUT2D eigenvalue weighted by Crippen LogP contribution is 2.50. The van der Waals surface area contributed by atoms with Gasteiger partial charge in [-0.15, -0.1) is 0 Å². The average Bonchev–Trinajstić information content (AvgIpc) is 3.28. The molecule has 0 saturated carbocycles. The first kappa shape index (κ1) is 33.2. The zero-order valence-electron chi connectivity index (χ0n) is 30.8. The van der Waals surface area contributed by atoms with Crippen LogP contribution in [0.3, 0.4) is 0 Å². The molecule has 0 N–H and O–H groups in total. The van der Waals surface area contributed by atoms with Crippen molar-refractivity contribution in [2.24, 2.45) is 0 Å². The summed E-state index contributed by atoms with van der Waals surface area (Å²) in [4.78, 5) is 4.88. The molecule has 0 bridgehead atoms. The van der Waals surface area contributed by atoms with Crippen LogP contribution in [-0.4, -0.2) is 0 Å². The molecule has 10 aromatic rings. The summed E-state index contributed by atoms with van der Waals surface area (Å²) in [7, 11) is 0. The summed E-state index contributed by atoms with van der Waals surface area (Å²) in [6.45, 7) is 0. The van der Waals surface area contributed by atoms with Gasteiger partial charge in [-0.1, -0.05) is 176 Å². The monoisotopic (exact) mass is 714 g/mol. The lowest BCUT2D eigenvalue weighted by molar-refractivity contribution is 1.29. The molecule has 0 atom stereocenters. The van der Waals surface area contributed by atoms with Gasteiger partial charge in [-0.3, -0.25) is 0 Å². The summed E-state index contributed by atoms with van der Waals surface area (Å²) < 4.78 is 0. The van der Waals surface area contributed by atoms with Gasteiger partial charge in [-0.2, -0.15) is 0 Å². The summed E-state index contributed by atoms with van der Waals surface area (Å²) in [5.41, 5.74) is 11.3. The number of hydrogen-bond donors (Lipinski definition) is 0. The van der Waals surface area contributed by atoms with E-state index < -0.39 is 0 Å². The van der Waals surface area contributed by atoms with E-state index in [4.69, 9.17) is 0 Å². The first-order valence-corrected chi connectivity index (χ1v) is 19.2. The topological polar surface area (TPSA) is 6.48 Å². The minimum absolute atomic E-state index is 1.08. The fourth-order valence-corrected chi connectivity index (χ4v) is 8.28. The smallest absolute Gasteiger partial charge is 0.0541 e. The van der Waals surface area contributed by atoms with Gasteiger partial charge in [0.1, 0.15) is 0 Å². The molecule has 0 amide bonds. The van der Waals surface area contributed by atoms with Gasteiger partial charge in [-0.25, -0.2) is 0 Å². The van der Waals surface area contributed by atoms with E-state index in [2.05, 4.69) is 240 Å². The molecule has 0 spiro atoms. The Balaban J connectivity index is 1.37. The van der Waals surface area contributed by atoms with Crippen LogP contribution in [0.25, 0.3) is 54.6 Å².